The van der Waals surface area contributed by atoms with Crippen LogP contribution in [0, 0.1) is 18.7 Å². The molecule has 0 bridgehead atoms. The van der Waals surface area contributed by atoms with Crippen molar-refractivity contribution in [1.29, 1.82) is 0 Å². The van der Waals surface area contributed by atoms with Gasteiger partial charge in [-0.3, -0.25) is 4.79 Å². The van der Waals surface area contributed by atoms with Crippen LogP contribution in [0.25, 0.3) is 0 Å². The molecule has 132 valence electrons. The molecular weight excluding hydrogens is 325 g/mol. The number of likely N-dealkylation sites (tertiary alicyclic amines) is 1. The van der Waals surface area contributed by atoms with Gasteiger partial charge in [0.2, 0.25) is 17.7 Å². The Morgan fingerprint density at radius 1 is 1.32 bits per heavy atom. The fraction of sp³-hybridized carbons (Fsp3) is 0.500. The van der Waals surface area contributed by atoms with E-state index in [1.165, 1.54) is 6.07 Å². The minimum atomic E-state index is -0.332. The van der Waals surface area contributed by atoms with Crippen molar-refractivity contribution < 1.29 is 18.3 Å². The fourth-order valence-electron chi connectivity index (χ4n) is 3.73. The van der Waals surface area contributed by atoms with Gasteiger partial charge in [-0.15, -0.1) is 10.2 Å². The average molecular weight is 345 g/mol. The van der Waals surface area contributed by atoms with E-state index in [2.05, 4.69) is 10.2 Å². The Labute approximate surface area is 145 Å². The lowest BCUT2D eigenvalue weighted by molar-refractivity contribution is -0.130. The number of aryl methyl sites for hydroxylation is 1. The van der Waals surface area contributed by atoms with Gasteiger partial charge < -0.3 is 14.1 Å². The Kier molecular flexibility index (Phi) is 4.25. The minimum absolute atomic E-state index is 0.0404. The highest BCUT2D eigenvalue weighted by atomic mass is 19.1. The van der Waals surface area contributed by atoms with Crippen molar-refractivity contribution in [2.45, 2.75) is 38.4 Å². The molecule has 0 unspecified atom stereocenters. The van der Waals surface area contributed by atoms with Gasteiger partial charge >= 0.3 is 0 Å². The third-order valence-electron chi connectivity index (χ3n) is 4.94. The van der Waals surface area contributed by atoms with E-state index in [0.29, 0.717) is 42.8 Å². The molecule has 0 radical (unpaired) electrons. The zero-order valence-corrected chi connectivity index (χ0v) is 14.0. The molecule has 4 rings (SSSR count). The van der Waals surface area contributed by atoms with Crippen molar-refractivity contribution in [3.63, 3.8) is 0 Å². The van der Waals surface area contributed by atoms with E-state index in [4.69, 9.17) is 9.15 Å². The number of carbonyl (C=O) groups excluding carboxylic acids is 1. The molecule has 1 aromatic carbocycles. The lowest BCUT2D eigenvalue weighted by Crippen LogP contribution is -2.33. The van der Waals surface area contributed by atoms with Crippen LogP contribution in [-0.2, 0) is 22.4 Å². The van der Waals surface area contributed by atoms with E-state index in [9.17, 15) is 9.18 Å². The summed E-state index contributed by atoms with van der Waals surface area (Å²) in [6, 6.07) is 6.41. The van der Waals surface area contributed by atoms with Crippen LogP contribution in [-0.4, -0.2) is 46.3 Å². The fourth-order valence-corrected chi connectivity index (χ4v) is 3.73. The van der Waals surface area contributed by atoms with E-state index < -0.39 is 0 Å². The van der Waals surface area contributed by atoms with Crippen molar-refractivity contribution in [2.24, 2.45) is 5.92 Å². The topological polar surface area (TPSA) is 68.5 Å². The smallest absolute Gasteiger partial charge is 0.227 e. The number of benzene rings is 1. The maximum atomic E-state index is 13.7. The number of hydrogen-bond acceptors (Lipinski definition) is 5. The van der Waals surface area contributed by atoms with Gasteiger partial charge in [-0.2, -0.15) is 0 Å². The Bertz CT molecular complexity index is 764. The first kappa shape index (κ1) is 16.2. The summed E-state index contributed by atoms with van der Waals surface area (Å²) in [7, 11) is 0. The SMILES string of the molecule is Cc1nnc(C[C@@H]2C[C@H]3CN(C(=O)Cc4ccccc4F)C[C@H]3O2)o1. The summed E-state index contributed by atoms with van der Waals surface area (Å²) in [4.78, 5) is 14.2. The number of nitrogens with zero attached hydrogens (tertiary/aromatic N) is 3. The summed E-state index contributed by atoms with van der Waals surface area (Å²) in [5.74, 6) is 1.08. The third-order valence-corrected chi connectivity index (χ3v) is 4.94. The lowest BCUT2D eigenvalue weighted by atomic mass is 10.0. The van der Waals surface area contributed by atoms with Crippen molar-refractivity contribution in [1.82, 2.24) is 15.1 Å². The van der Waals surface area contributed by atoms with Gasteiger partial charge in [0.15, 0.2) is 0 Å². The monoisotopic (exact) mass is 345 g/mol. The van der Waals surface area contributed by atoms with Gasteiger partial charge in [0, 0.05) is 25.9 Å². The second-order valence-electron chi connectivity index (χ2n) is 6.78. The molecule has 3 atom stereocenters. The quantitative estimate of drug-likeness (QED) is 0.847. The molecule has 7 heteroatoms. The molecule has 2 saturated heterocycles. The molecule has 0 saturated carbocycles. The summed E-state index contributed by atoms with van der Waals surface area (Å²) in [5.41, 5.74) is 0.440. The van der Waals surface area contributed by atoms with E-state index in [0.717, 1.165) is 6.42 Å². The average Bonchev–Trinajstić information content (AvgIpc) is 3.24. The van der Waals surface area contributed by atoms with Crippen LogP contribution in [0.1, 0.15) is 23.8 Å². The number of carbonyl (C=O) groups is 1. The van der Waals surface area contributed by atoms with Crippen LogP contribution in [0.15, 0.2) is 28.7 Å². The summed E-state index contributed by atoms with van der Waals surface area (Å²) >= 11 is 0. The Hall–Kier alpha value is -2.28. The van der Waals surface area contributed by atoms with E-state index in [1.807, 2.05) is 0 Å². The van der Waals surface area contributed by atoms with E-state index in [1.54, 1.807) is 30.0 Å². The number of hydrogen-bond donors (Lipinski definition) is 0. The molecule has 0 spiro atoms. The molecule has 3 heterocycles. The van der Waals surface area contributed by atoms with Crippen molar-refractivity contribution >= 4 is 5.91 Å². The number of aromatic nitrogens is 2. The maximum Gasteiger partial charge on any atom is 0.227 e. The van der Waals surface area contributed by atoms with Gasteiger partial charge in [0.05, 0.1) is 25.0 Å². The highest BCUT2D eigenvalue weighted by Crippen LogP contribution is 2.34. The summed E-state index contributed by atoms with van der Waals surface area (Å²) < 4.78 is 25.2. The molecule has 2 aliphatic heterocycles. The van der Waals surface area contributed by atoms with Gasteiger partial charge in [-0.05, 0) is 18.1 Å². The molecule has 6 nitrogen and oxygen atoms in total. The normalized spacial score (nSPS) is 25.4. The van der Waals surface area contributed by atoms with E-state index >= 15 is 0 Å². The van der Waals surface area contributed by atoms with Crippen LogP contribution >= 0.6 is 0 Å². The number of fused-ring (bicyclic) bond motifs is 1. The van der Waals surface area contributed by atoms with Crippen molar-refractivity contribution in [2.75, 3.05) is 13.1 Å². The number of ether oxygens (including phenoxy) is 1. The molecule has 25 heavy (non-hydrogen) atoms. The zero-order valence-electron chi connectivity index (χ0n) is 14.0. The highest BCUT2D eigenvalue weighted by molar-refractivity contribution is 5.79. The minimum Gasteiger partial charge on any atom is -0.426 e. The standard InChI is InChI=1S/C18H20FN3O3/c1-11-20-21-17(24-11)8-14-6-13-9-22(10-16(13)25-14)18(23)7-12-4-2-3-5-15(12)19/h2-5,13-14,16H,6-10H2,1H3/t13-,14-,16+/m0/s1. The molecule has 2 aromatic rings. The Morgan fingerprint density at radius 3 is 2.88 bits per heavy atom. The van der Waals surface area contributed by atoms with Crippen LogP contribution < -0.4 is 0 Å². The lowest BCUT2D eigenvalue weighted by Gasteiger charge is -2.19. The zero-order chi connectivity index (χ0) is 17.4. The van der Waals surface area contributed by atoms with Crippen molar-refractivity contribution in [3.05, 3.63) is 47.4 Å². The predicted molar refractivity (Wildman–Crippen MR) is 86.2 cm³/mol. The highest BCUT2D eigenvalue weighted by Gasteiger charge is 2.43. The molecule has 1 aromatic heterocycles. The summed E-state index contributed by atoms with van der Waals surface area (Å²) in [6.07, 6.45) is 1.67. The van der Waals surface area contributed by atoms with Gasteiger partial charge in [0.25, 0.3) is 0 Å². The second-order valence-corrected chi connectivity index (χ2v) is 6.78. The first-order valence-corrected chi connectivity index (χ1v) is 8.54. The summed E-state index contributed by atoms with van der Waals surface area (Å²) in [6.45, 7) is 2.99. The van der Waals surface area contributed by atoms with E-state index in [-0.39, 0.29) is 30.4 Å². The molecular formula is C18H20FN3O3. The first-order chi connectivity index (χ1) is 12.1. The van der Waals surface area contributed by atoms with Gasteiger partial charge in [-0.25, -0.2) is 4.39 Å². The number of amides is 1. The molecule has 2 aliphatic rings. The largest absolute Gasteiger partial charge is 0.426 e. The summed E-state index contributed by atoms with van der Waals surface area (Å²) in [5, 5.41) is 7.83. The molecule has 0 N–H and O–H groups in total. The number of rotatable bonds is 4. The molecule has 1 amide bonds. The molecule has 0 aliphatic carbocycles. The first-order valence-electron chi connectivity index (χ1n) is 8.54. The van der Waals surface area contributed by atoms with Gasteiger partial charge in [-0.1, -0.05) is 18.2 Å². The van der Waals surface area contributed by atoms with Crippen LogP contribution in [0.3, 0.4) is 0 Å². The van der Waals surface area contributed by atoms with Crippen LogP contribution in [0.4, 0.5) is 4.39 Å². The third kappa shape index (κ3) is 3.42. The number of halogens is 1. The predicted octanol–water partition coefficient (Wildman–Crippen LogP) is 1.92. The Balaban J connectivity index is 1.31. The second kappa shape index (κ2) is 6.55. The molecule has 2 fully saturated rings. The van der Waals surface area contributed by atoms with Crippen LogP contribution in [0.5, 0.6) is 0 Å². The maximum absolute atomic E-state index is 13.7. The van der Waals surface area contributed by atoms with Gasteiger partial charge in [0.1, 0.15) is 5.82 Å². The van der Waals surface area contributed by atoms with Crippen molar-refractivity contribution in [3.8, 4) is 0 Å². The Morgan fingerprint density at radius 2 is 2.16 bits per heavy atom. The van der Waals surface area contributed by atoms with Crippen LogP contribution in [0.2, 0.25) is 0 Å².